The van der Waals surface area contributed by atoms with E-state index in [4.69, 9.17) is 4.74 Å². The number of nitrogens with zero attached hydrogens (tertiary/aromatic N) is 6. The van der Waals surface area contributed by atoms with Gasteiger partial charge in [-0.3, -0.25) is 0 Å². The quantitative estimate of drug-likeness (QED) is 0.649. The second kappa shape index (κ2) is 6.57. The summed E-state index contributed by atoms with van der Waals surface area (Å²) >= 11 is 0. The predicted molar refractivity (Wildman–Crippen MR) is 71.6 cm³/mol. The molecule has 1 aromatic carbocycles. The monoisotopic (exact) mass is 376 g/mol. The average molecular weight is 376 g/mol. The summed E-state index contributed by atoms with van der Waals surface area (Å²) in [4.78, 5) is 6.72. The lowest BCUT2D eigenvalue weighted by Gasteiger charge is -2.09. The number of ether oxygens (including phenoxy) is 1. The van der Waals surface area contributed by atoms with Crippen LogP contribution in [-0.4, -0.2) is 30.2 Å². The van der Waals surface area contributed by atoms with Gasteiger partial charge in [0.05, 0.1) is 5.56 Å². The van der Waals surface area contributed by atoms with Gasteiger partial charge in [-0.05, 0) is 17.3 Å². The van der Waals surface area contributed by atoms with Gasteiger partial charge in [-0.1, -0.05) is 10.9 Å². The van der Waals surface area contributed by atoms with Crippen LogP contribution < -0.4 is 4.74 Å². The summed E-state index contributed by atoms with van der Waals surface area (Å²) in [5.41, 5.74) is -1.53. The lowest BCUT2D eigenvalue weighted by atomic mass is 10.2. The van der Waals surface area contributed by atoms with E-state index in [1.54, 1.807) is 0 Å². The maximum absolute atomic E-state index is 14.1. The molecule has 0 saturated heterocycles. The minimum absolute atomic E-state index is 0.0415. The fraction of sp³-hybridized carbons (Fsp3) is 0.154. The minimum atomic E-state index is -4.64. The van der Waals surface area contributed by atoms with Crippen LogP contribution >= 0.6 is 0 Å². The van der Waals surface area contributed by atoms with Gasteiger partial charge >= 0.3 is 18.7 Å². The Morgan fingerprint density at radius 1 is 1.08 bits per heavy atom. The largest absolute Gasteiger partial charge is 0.423 e. The summed E-state index contributed by atoms with van der Waals surface area (Å²) < 4.78 is 81.8. The molecule has 0 aliphatic rings. The zero-order valence-corrected chi connectivity index (χ0v) is 12.3. The highest BCUT2D eigenvalue weighted by Gasteiger charge is 2.31. The van der Waals surface area contributed by atoms with Gasteiger partial charge in [-0.2, -0.15) is 22.0 Å². The summed E-state index contributed by atoms with van der Waals surface area (Å²) in [7, 11) is 0. The first kappa shape index (κ1) is 17.6. The maximum atomic E-state index is 14.1. The second-order valence-electron chi connectivity index (χ2n) is 4.68. The van der Waals surface area contributed by atoms with Crippen molar-refractivity contribution in [3.8, 4) is 23.1 Å². The van der Waals surface area contributed by atoms with E-state index in [1.807, 2.05) is 0 Å². The van der Waals surface area contributed by atoms with Crippen LogP contribution in [0.25, 0.3) is 11.4 Å². The van der Waals surface area contributed by atoms with Crippen LogP contribution in [0.2, 0.25) is 0 Å². The zero-order valence-electron chi connectivity index (χ0n) is 12.3. The third kappa shape index (κ3) is 3.55. The topological polar surface area (TPSA) is 78.6 Å². The summed E-state index contributed by atoms with van der Waals surface area (Å²) in [5, 5.41) is 9.70. The predicted octanol–water partition coefficient (Wildman–Crippen LogP) is 3.48. The molecule has 0 fully saturated rings. The van der Waals surface area contributed by atoms with Gasteiger partial charge in [-0.15, -0.1) is 10.2 Å². The van der Waals surface area contributed by atoms with Crippen molar-refractivity contribution in [3.05, 3.63) is 42.0 Å². The van der Waals surface area contributed by atoms with Gasteiger partial charge in [0.1, 0.15) is 17.1 Å². The number of benzene rings is 1. The molecule has 0 unspecified atom stereocenters. The van der Waals surface area contributed by atoms with Gasteiger partial charge in [0.25, 0.3) is 0 Å². The molecule has 0 radical (unpaired) electrons. The molecule has 26 heavy (non-hydrogen) atoms. The molecule has 0 amide bonds. The Hall–Kier alpha value is -3.25. The molecule has 0 N–H and O–H groups in total. The van der Waals surface area contributed by atoms with Crippen molar-refractivity contribution >= 4 is 0 Å². The van der Waals surface area contributed by atoms with E-state index >= 15 is 0 Å². The van der Waals surface area contributed by atoms with Crippen LogP contribution in [0.1, 0.15) is 12.1 Å². The Labute approximate surface area is 140 Å². The second-order valence-corrected chi connectivity index (χ2v) is 4.68. The van der Waals surface area contributed by atoms with Crippen molar-refractivity contribution < 1.29 is 31.1 Å². The summed E-state index contributed by atoms with van der Waals surface area (Å²) in [5.74, 6) is -1.73. The molecule has 0 aliphatic heterocycles. The van der Waals surface area contributed by atoms with Gasteiger partial charge in [0.2, 0.25) is 5.82 Å². The van der Waals surface area contributed by atoms with E-state index in [1.165, 1.54) is 12.1 Å². The Balaban J connectivity index is 1.94. The van der Waals surface area contributed by atoms with Crippen LogP contribution in [-0.2, 0) is 6.18 Å². The highest BCUT2D eigenvalue weighted by Crippen LogP contribution is 2.33. The van der Waals surface area contributed by atoms with Crippen LogP contribution in [0.4, 0.5) is 26.3 Å². The lowest BCUT2D eigenvalue weighted by molar-refractivity contribution is -0.138. The third-order valence-electron chi connectivity index (χ3n) is 2.96. The molecule has 0 spiro atoms. The van der Waals surface area contributed by atoms with E-state index in [0.29, 0.717) is 12.4 Å². The van der Waals surface area contributed by atoms with Crippen molar-refractivity contribution in [1.82, 2.24) is 30.2 Å². The molecule has 7 nitrogen and oxygen atoms in total. The Bertz CT molecular complexity index is 910. The van der Waals surface area contributed by atoms with Gasteiger partial charge in [0.15, 0.2) is 0 Å². The molecular formula is C13H6F6N6O. The normalized spacial score (nSPS) is 11.8. The number of aromatic nitrogens is 6. The van der Waals surface area contributed by atoms with Crippen LogP contribution in [0.15, 0.2) is 30.6 Å². The van der Waals surface area contributed by atoms with E-state index in [-0.39, 0.29) is 10.5 Å². The fourth-order valence-electron chi connectivity index (χ4n) is 1.83. The van der Waals surface area contributed by atoms with Crippen molar-refractivity contribution in [1.29, 1.82) is 0 Å². The number of tetrazole rings is 1. The molecule has 2 aromatic heterocycles. The van der Waals surface area contributed by atoms with Crippen molar-refractivity contribution in [2.45, 2.75) is 12.7 Å². The summed E-state index contributed by atoms with van der Waals surface area (Å²) in [6.07, 6.45) is -3.68. The Morgan fingerprint density at radius 2 is 1.77 bits per heavy atom. The summed E-state index contributed by atoms with van der Waals surface area (Å²) in [6, 6.07) is 2.89. The smallest absolute Gasteiger partial charge is 0.419 e. The Kier molecular flexibility index (Phi) is 4.44. The number of hydrogen-bond donors (Lipinski definition) is 0. The highest BCUT2D eigenvalue weighted by atomic mass is 19.4. The fourth-order valence-corrected chi connectivity index (χ4v) is 1.83. The van der Waals surface area contributed by atoms with Gasteiger partial charge in [0, 0.05) is 12.4 Å². The van der Waals surface area contributed by atoms with E-state index in [0.717, 1.165) is 6.07 Å². The van der Waals surface area contributed by atoms with Crippen LogP contribution in [0.5, 0.6) is 11.8 Å². The molecular weight excluding hydrogens is 370 g/mol. The average Bonchev–Trinajstić information content (AvgIpc) is 3.04. The number of alkyl halides is 5. The Morgan fingerprint density at radius 3 is 2.35 bits per heavy atom. The molecule has 0 aliphatic carbocycles. The number of hydrogen-bond acceptors (Lipinski definition) is 6. The van der Waals surface area contributed by atoms with Crippen molar-refractivity contribution in [2.75, 3.05) is 0 Å². The van der Waals surface area contributed by atoms with E-state index in [2.05, 4.69) is 25.4 Å². The SMILES string of the molecule is Fc1cccc(Oc2ncc(C(F)(F)F)cn2)c1-c1nnn(C(F)F)n1. The first-order valence-corrected chi connectivity index (χ1v) is 6.69. The molecule has 0 bridgehead atoms. The van der Waals surface area contributed by atoms with E-state index < -0.39 is 41.5 Å². The first-order chi connectivity index (χ1) is 12.3. The lowest BCUT2D eigenvalue weighted by Crippen LogP contribution is -2.06. The van der Waals surface area contributed by atoms with E-state index in [9.17, 15) is 26.3 Å². The summed E-state index contributed by atoms with van der Waals surface area (Å²) in [6.45, 7) is -3.09. The zero-order chi connectivity index (χ0) is 18.9. The number of halogens is 6. The maximum Gasteiger partial charge on any atom is 0.419 e. The highest BCUT2D eigenvalue weighted by molar-refractivity contribution is 5.64. The van der Waals surface area contributed by atoms with Crippen LogP contribution in [0, 0.1) is 5.82 Å². The standard InChI is InChI=1S/C13H6F6N6O/c14-7-2-1-3-8(9(7)10-22-24-25(23-10)11(15)16)26-12-20-4-6(5-21-12)13(17,18)19/h1-5,11H. The van der Waals surface area contributed by atoms with Crippen molar-refractivity contribution in [3.63, 3.8) is 0 Å². The van der Waals surface area contributed by atoms with Crippen LogP contribution in [0.3, 0.4) is 0 Å². The van der Waals surface area contributed by atoms with Gasteiger partial charge in [-0.25, -0.2) is 14.4 Å². The van der Waals surface area contributed by atoms with Gasteiger partial charge < -0.3 is 4.74 Å². The molecule has 136 valence electrons. The minimum Gasteiger partial charge on any atom is -0.423 e. The first-order valence-electron chi connectivity index (χ1n) is 6.69. The molecule has 0 saturated carbocycles. The molecule has 3 aromatic rings. The number of rotatable bonds is 4. The van der Waals surface area contributed by atoms with Crippen molar-refractivity contribution in [2.24, 2.45) is 0 Å². The molecule has 0 atom stereocenters. The molecule has 13 heteroatoms. The molecule has 2 heterocycles. The molecule has 3 rings (SSSR count). The third-order valence-corrected chi connectivity index (χ3v) is 2.96.